The molecule has 8 aromatic carbocycles. The Morgan fingerprint density at radius 3 is 1.87 bits per heavy atom. The number of benzene rings is 8. The third kappa shape index (κ3) is 4.05. The van der Waals surface area contributed by atoms with Gasteiger partial charge in [0.25, 0.3) is 0 Å². The molecule has 0 unspecified atom stereocenters. The minimum atomic E-state index is 0.629. The summed E-state index contributed by atoms with van der Waals surface area (Å²) in [6.07, 6.45) is 0. The van der Waals surface area contributed by atoms with Crippen LogP contribution >= 0.6 is 0 Å². The Morgan fingerprint density at radius 2 is 0.957 bits per heavy atom. The van der Waals surface area contributed by atoms with Crippen molar-refractivity contribution >= 4 is 65.0 Å². The van der Waals surface area contributed by atoms with Gasteiger partial charge in [-0.15, -0.1) is 0 Å². The largest absolute Gasteiger partial charge is 0.456 e. The molecule has 0 spiro atoms. The van der Waals surface area contributed by atoms with Gasteiger partial charge in [-0.3, -0.25) is 0 Å². The topological polar surface area (TPSA) is 51.8 Å². The Hall–Kier alpha value is -6.39. The number of aromatic nitrogens is 3. The molecule has 0 aliphatic rings. The fourth-order valence-corrected chi connectivity index (χ4v) is 7.08. The minimum Gasteiger partial charge on any atom is -0.456 e. The van der Waals surface area contributed by atoms with Crippen molar-refractivity contribution in [2.75, 3.05) is 0 Å². The van der Waals surface area contributed by atoms with E-state index in [4.69, 9.17) is 19.4 Å². The van der Waals surface area contributed by atoms with E-state index in [0.717, 1.165) is 54.8 Å². The number of hydrogen-bond acceptors (Lipinski definition) is 4. The summed E-state index contributed by atoms with van der Waals surface area (Å²) < 4.78 is 6.21. The Morgan fingerprint density at radius 1 is 0.340 bits per heavy atom. The lowest BCUT2D eigenvalue weighted by Crippen LogP contribution is -2.00. The first-order valence-electron chi connectivity index (χ1n) is 15.8. The molecule has 218 valence electrons. The first-order chi connectivity index (χ1) is 23.3. The van der Waals surface area contributed by atoms with E-state index in [1.165, 1.54) is 26.9 Å². The quantitative estimate of drug-likeness (QED) is 0.190. The zero-order valence-corrected chi connectivity index (χ0v) is 25.2. The van der Waals surface area contributed by atoms with Gasteiger partial charge in [0.1, 0.15) is 11.2 Å². The van der Waals surface area contributed by atoms with Crippen LogP contribution in [0.1, 0.15) is 0 Å². The second-order valence-electron chi connectivity index (χ2n) is 12.0. The SMILES string of the molecule is c1ccc(-c2nc(-c3ccc4ccc5oc6ccccc6c5c4c3)nc(-c3cccc4c3ccc3c5ccccc5ccc43)n2)cc1. The smallest absolute Gasteiger partial charge is 0.164 e. The van der Waals surface area contributed by atoms with Crippen LogP contribution in [0.2, 0.25) is 0 Å². The lowest BCUT2D eigenvalue weighted by molar-refractivity contribution is 0.669. The molecule has 4 heteroatoms. The molecular weight excluding hydrogens is 574 g/mol. The first kappa shape index (κ1) is 25.9. The molecule has 0 saturated heterocycles. The maximum atomic E-state index is 6.21. The van der Waals surface area contributed by atoms with Crippen LogP contribution in [-0.2, 0) is 0 Å². The van der Waals surface area contributed by atoms with E-state index in [1.54, 1.807) is 0 Å². The molecule has 0 aliphatic heterocycles. The van der Waals surface area contributed by atoms with Gasteiger partial charge in [0.15, 0.2) is 17.5 Å². The van der Waals surface area contributed by atoms with Gasteiger partial charge in [0, 0.05) is 27.5 Å². The Labute approximate surface area is 269 Å². The van der Waals surface area contributed by atoms with Crippen LogP contribution < -0.4 is 0 Å². The highest BCUT2D eigenvalue weighted by Crippen LogP contribution is 2.38. The van der Waals surface area contributed by atoms with E-state index in [2.05, 4.69) is 109 Å². The predicted octanol–water partition coefficient (Wildman–Crippen LogP) is 11.4. The molecular formula is C43H25N3O. The molecule has 47 heavy (non-hydrogen) atoms. The molecule has 0 radical (unpaired) electrons. The molecule has 0 bridgehead atoms. The molecule has 0 N–H and O–H groups in total. The molecule has 0 amide bonds. The maximum Gasteiger partial charge on any atom is 0.164 e. The van der Waals surface area contributed by atoms with Gasteiger partial charge in [-0.05, 0) is 61.3 Å². The number of fused-ring (bicyclic) bond motifs is 10. The van der Waals surface area contributed by atoms with Crippen LogP contribution in [0.5, 0.6) is 0 Å². The van der Waals surface area contributed by atoms with Gasteiger partial charge < -0.3 is 4.42 Å². The summed E-state index contributed by atoms with van der Waals surface area (Å²) in [6, 6.07) is 52.8. The molecule has 0 fully saturated rings. The predicted molar refractivity (Wildman–Crippen MR) is 193 cm³/mol. The van der Waals surface area contributed by atoms with Gasteiger partial charge >= 0.3 is 0 Å². The number of furan rings is 1. The van der Waals surface area contributed by atoms with Crippen molar-refractivity contribution in [1.29, 1.82) is 0 Å². The second kappa shape index (κ2) is 10.1. The van der Waals surface area contributed by atoms with E-state index in [-0.39, 0.29) is 0 Å². The van der Waals surface area contributed by atoms with Gasteiger partial charge in [-0.1, -0.05) is 133 Å². The molecule has 4 nitrogen and oxygen atoms in total. The van der Waals surface area contributed by atoms with Gasteiger partial charge in [0.05, 0.1) is 0 Å². The fraction of sp³-hybridized carbons (Fsp3) is 0. The summed E-state index contributed by atoms with van der Waals surface area (Å²) in [5.74, 6) is 1.91. The fourth-order valence-electron chi connectivity index (χ4n) is 7.08. The van der Waals surface area contributed by atoms with E-state index in [1.807, 2.05) is 42.5 Å². The zero-order chi connectivity index (χ0) is 30.9. The third-order valence-electron chi connectivity index (χ3n) is 9.31. The summed E-state index contributed by atoms with van der Waals surface area (Å²) in [6.45, 7) is 0. The van der Waals surface area contributed by atoms with Crippen LogP contribution in [0.4, 0.5) is 0 Å². The van der Waals surface area contributed by atoms with Crippen molar-refractivity contribution in [2.45, 2.75) is 0 Å². The molecule has 10 aromatic rings. The zero-order valence-electron chi connectivity index (χ0n) is 25.2. The van der Waals surface area contributed by atoms with Crippen LogP contribution in [0.3, 0.4) is 0 Å². The average molecular weight is 600 g/mol. The van der Waals surface area contributed by atoms with Crippen molar-refractivity contribution in [2.24, 2.45) is 0 Å². The highest BCUT2D eigenvalue weighted by atomic mass is 16.3. The van der Waals surface area contributed by atoms with Crippen molar-refractivity contribution in [3.63, 3.8) is 0 Å². The standard InChI is InChI=1S/C43H25N3O/c1-2-10-28(11-3-1)41-44-42(29-18-17-27-20-24-39-40(37(27)25-29)36-13-6-7-16-38(36)47-39)46-43(45-41)35-15-8-14-31-33-21-19-26-9-4-5-12-30(26)32(33)22-23-34(31)35/h1-25H. The highest BCUT2D eigenvalue weighted by Gasteiger charge is 2.17. The minimum absolute atomic E-state index is 0.629. The van der Waals surface area contributed by atoms with Crippen LogP contribution in [-0.4, -0.2) is 15.0 Å². The normalized spacial score (nSPS) is 11.8. The monoisotopic (exact) mass is 599 g/mol. The lowest BCUT2D eigenvalue weighted by atomic mass is 9.95. The van der Waals surface area contributed by atoms with Gasteiger partial charge in [-0.2, -0.15) is 0 Å². The number of rotatable bonds is 3. The van der Waals surface area contributed by atoms with Crippen LogP contribution in [0.15, 0.2) is 156 Å². The van der Waals surface area contributed by atoms with Crippen molar-refractivity contribution in [3.05, 3.63) is 152 Å². The molecule has 2 heterocycles. The summed E-state index contributed by atoms with van der Waals surface area (Å²) in [5.41, 5.74) is 4.59. The Bertz CT molecular complexity index is 2850. The van der Waals surface area contributed by atoms with Crippen molar-refractivity contribution in [3.8, 4) is 34.2 Å². The van der Waals surface area contributed by atoms with E-state index in [9.17, 15) is 0 Å². The third-order valence-corrected chi connectivity index (χ3v) is 9.31. The van der Waals surface area contributed by atoms with Gasteiger partial charge in [-0.25, -0.2) is 15.0 Å². The Kier molecular flexibility index (Phi) is 5.54. The number of hydrogen-bond donors (Lipinski definition) is 0. The molecule has 0 aliphatic carbocycles. The molecule has 0 atom stereocenters. The van der Waals surface area contributed by atoms with Crippen LogP contribution in [0, 0.1) is 0 Å². The molecule has 0 saturated carbocycles. The van der Waals surface area contributed by atoms with E-state index in [0.29, 0.717) is 17.5 Å². The summed E-state index contributed by atoms with van der Waals surface area (Å²) in [4.78, 5) is 15.3. The lowest BCUT2D eigenvalue weighted by Gasteiger charge is -2.13. The van der Waals surface area contributed by atoms with Gasteiger partial charge in [0.2, 0.25) is 0 Å². The molecule has 10 rings (SSSR count). The number of nitrogens with zero attached hydrogens (tertiary/aromatic N) is 3. The van der Waals surface area contributed by atoms with E-state index < -0.39 is 0 Å². The maximum absolute atomic E-state index is 6.21. The molecule has 2 aromatic heterocycles. The average Bonchev–Trinajstić information content (AvgIpc) is 3.53. The van der Waals surface area contributed by atoms with E-state index >= 15 is 0 Å². The van der Waals surface area contributed by atoms with Crippen molar-refractivity contribution in [1.82, 2.24) is 15.0 Å². The number of para-hydroxylation sites is 1. The highest BCUT2D eigenvalue weighted by molar-refractivity contribution is 6.20. The van der Waals surface area contributed by atoms with Crippen molar-refractivity contribution < 1.29 is 4.42 Å². The van der Waals surface area contributed by atoms with Crippen LogP contribution in [0.25, 0.3) is 99.2 Å². The summed E-state index contributed by atoms with van der Waals surface area (Å²) >= 11 is 0. The summed E-state index contributed by atoms with van der Waals surface area (Å²) in [7, 11) is 0. The first-order valence-corrected chi connectivity index (χ1v) is 15.8. The second-order valence-corrected chi connectivity index (χ2v) is 12.0. The Balaban J connectivity index is 1.22. The summed E-state index contributed by atoms with van der Waals surface area (Å²) in [5, 5.41) is 11.7.